The Morgan fingerprint density at radius 1 is 0.554 bits per heavy atom. The monoisotopic (exact) mass is 923 g/mol. The maximum atomic E-state index is 12.8. The number of aliphatic hydroxyl groups is 1. The number of amides is 1. The summed E-state index contributed by atoms with van der Waals surface area (Å²) in [6, 6.07) is -0.813. The molecular formula is C56H95N2O6P. The number of hydrogen-bond acceptors (Lipinski definition) is 6. The molecule has 0 aliphatic heterocycles. The lowest BCUT2D eigenvalue weighted by Gasteiger charge is -2.30. The van der Waals surface area contributed by atoms with Gasteiger partial charge < -0.3 is 28.8 Å². The number of rotatable bonds is 44. The van der Waals surface area contributed by atoms with Crippen molar-refractivity contribution in [3.63, 3.8) is 0 Å². The lowest BCUT2D eigenvalue weighted by molar-refractivity contribution is -0.870. The Balaban J connectivity index is 4.05. The second kappa shape index (κ2) is 46.0. The van der Waals surface area contributed by atoms with Crippen LogP contribution in [-0.2, 0) is 18.4 Å². The predicted octanol–water partition coefficient (Wildman–Crippen LogP) is 14.4. The zero-order chi connectivity index (χ0) is 47.8. The van der Waals surface area contributed by atoms with Gasteiger partial charge in [-0.1, -0.05) is 200 Å². The van der Waals surface area contributed by atoms with Crippen molar-refractivity contribution in [2.75, 3.05) is 40.9 Å². The second-order valence-corrected chi connectivity index (χ2v) is 19.2. The molecule has 0 bridgehead atoms. The summed E-state index contributed by atoms with van der Waals surface area (Å²) in [5, 5.41) is 13.7. The van der Waals surface area contributed by atoms with Gasteiger partial charge in [-0.15, -0.1) is 0 Å². The van der Waals surface area contributed by atoms with Crippen molar-refractivity contribution in [1.29, 1.82) is 0 Å². The highest BCUT2D eigenvalue weighted by Gasteiger charge is 2.24. The molecule has 65 heavy (non-hydrogen) atoms. The summed E-state index contributed by atoms with van der Waals surface area (Å²) in [5.41, 5.74) is 0. The number of nitrogens with zero attached hydrogens (tertiary/aromatic N) is 1. The van der Waals surface area contributed by atoms with Gasteiger partial charge in [0.2, 0.25) is 5.91 Å². The SMILES string of the molecule is CC/C=C\C/C=C\C/C=C\C/C=C\C/C=C\C/C=C\C/C=C\C/C=C\C/C=C\C/C=C\CCCCCCCCC(=O)NC(COP(=O)([O-])OCC[N+](C)(C)C)C(O)CCCCCCCC. The molecule has 0 rings (SSSR count). The normalized spacial score (nSPS) is 15.1. The number of aliphatic hydroxyl groups excluding tert-OH is 1. The fraction of sp³-hybridized carbons (Fsp3) is 0.625. The Bertz CT molecular complexity index is 1460. The van der Waals surface area contributed by atoms with Crippen LogP contribution >= 0.6 is 7.82 Å². The fourth-order valence-corrected chi connectivity index (χ4v) is 7.20. The van der Waals surface area contributed by atoms with Crippen molar-refractivity contribution in [3.05, 3.63) is 122 Å². The number of carbonyl (C=O) groups excluding carboxylic acids is 1. The van der Waals surface area contributed by atoms with E-state index in [1.807, 2.05) is 21.1 Å². The summed E-state index contributed by atoms with van der Waals surface area (Å²) in [4.78, 5) is 25.2. The summed E-state index contributed by atoms with van der Waals surface area (Å²) in [7, 11) is 1.27. The van der Waals surface area contributed by atoms with Crippen molar-refractivity contribution in [3.8, 4) is 0 Å². The number of quaternary nitrogens is 1. The van der Waals surface area contributed by atoms with E-state index in [1.54, 1.807) is 0 Å². The second-order valence-electron chi connectivity index (χ2n) is 17.8. The van der Waals surface area contributed by atoms with Crippen molar-refractivity contribution in [2.24, 2.45) is 0 Å². The van der Waals surface area contributed by atoms with E-state index in [1.165, 1.54) is 25.7 Å². The first-order chi connectivity index (χ1) is 31.5. The van der Waals surface area contributed by atoms with Crippen LogP contribution in [0.5, 0.6) is 0 Å². The average molecular weight is 923 g/mol. The molecule has 3 unspecified atom stereocenters. The molecule has 0 radical (unpaired) electrons. The standard InChI is InChI=1S/C56H95N2O6P/c1-6-8-10-12-14-15-16-17-18-19-20-21-22-23-24-25-26-27-28-29-30-31-32-33-34-35-36-37-38-39-40-41-42-43-44-46-48-50-56(60)57-54(55(59)49-47-45-13-11-9-7-2)53-64-65(61,62)63-52-51-58(3,4)5/h8,10,14-15,17-18,20-21,23-24,26-27,29-30,32-33,35-36,38-39,54-55,59H,6-7,9,11-13,16,19,22,25,28,31,34,37,40-53H2,1-5H3,(H-,57,60,61,62)/b10-8-,15-14-,18-17-,21-20-,24-23-,27-26-,30-29-,33-32-,36-35-,39-38-. The van der Waals surface area contributed by atoms with Crippen molar-refractivity contribution >= 4 is 13.7 Å². The summed E-state index contributed by atoms with van der Waals surface area (Å²) in [6.07, 6.45) is 68.3. The lowest BCUT2D eigenvalue weighted by atomic mass is 10.0. The molecule has 2 N–H and O–H groups in total. The minimum atomic E-state index is -4.57. The molecule has 9 heteroatoms. The first kappa shape index (κ1) is 61.9. The van der Waals surface area contributed by atoms with Crippen LogP contribution in [0.25, 0.3) is 0 Å². The molecule has 370 valence electrons. The molecule has 0 spiro atoms. The molecule has 0 aromatic rings. The largest absolute Gasteiger partial charge is 0.756 e. The van der Waals surface area contributed by atoms with Gasteiger partial charge in [-0.25, -0.2) is 0 Å². The Kier molecular flexibility index (Phi) is 43.8. The van der Waals surface area contributed by atoms with Gasteiger partial charge in [0.25, 0.3) is 7.82 Å². The number of likely N-dealkylation sites (N-methyl/N-ethyl adjacent to an activating group) is 1. The molecule has 0 aromatic carbocycles. The number of phosphoric acid groups is 1. The lowest BCUT2D eigenvalue weighted by Crippen LogP contribution is -2.46. The highest BCUT2D eigenvalue weighted by Crippen LogP contribution is 2.38. The van der Waals surface area contributed by atoms with Gasteiger partial charge in [0.15, 0.2) is 0 Å². The van der Waals surface area contributed by atoms with Crippen LogP contribution in [0.15, 0.2) is 122 Å². The highest BCUT2D eigenvalue weighted by molar-refractivity contribution is 7.45. The van der Waals surface area contributed by atoms with E-state index in [9.17, 15) is 19.4 Å². The van der Waals surface area contributed by atoms with Crippen molar-refractivity contribution in [2.45, 2.75) is 187 Å². The van der Waals surface area contributed by atoms with Gasteiger partial charge >= 0.3 is 0 Å². The molecule has 3 atom stereocenters. The van der Waals surface area contributed by atoms with Crippen LogP contribution in [0.2, 0.25) is 0 Å². The maximum absolute atomic E-state index is 12.8. The van der Waals surface area contributed by atoms with Crippen LogP contribution in [-0.4, -0.2) is 68.5 Å². The molecule has 8 nitrogen and oxygen atoms in total. The number of allylic oxidation sites excluding steroid dienone is 20. The number of hydrogen-bond donors (Lipinski definition) is 2. The number of carbonyl (C=O) groups is 1. The molecule has 0 saturated heterocycles. The Hall–Kier alpha value is -3.10. The summed E-state index contributed by atoms with van der Waals surface area (Å²) in [5.74, 6) is -0.192. The minimum absolute atomic E-state index is 0.00172. The van der Waals surface area contributed by atoms with Gasteiger partial charge in [0.1, 0.15) is 13.2 Å². The van der Waals surface area contributed by atoms with E-state index < -0.39 is 20.0 Å². The van der Waals surface area contributed by atoms with Crippen LogP contribution in [0.3, 0.4) is 0 Å². The van der Waals surface area contributed by atoms with E-state index in [-0.39, 0.29) is 19.1 Å². The molecule has 0 saturated carbocycles. The molecule has 0 aliphatic rings. The number of unbranched alkanes of at least 4 members (excludes halogenated alkanes) is 11. The van der Waals surface area contributed by atoms with E-state index in [0.29, 0.717) is 23.9 Å². The van der Waals surface area contributed by atoms with Crippen molar-refractivity contribution in [1.82, 2.24) is 5.32 Å². The smallest absolute Gasteiger partial charge is 0.268 e. The number of nitrogens with one attached hydrogen (secondary N) is 1. The third kappa shape index (κ3) is 48.6. The molecule has 0 heterocycles. The quantitative estimate of drug-likeness (QED) is 0.0273. The van der Waals surface area contributed by atoms with Crippen molar-refractivity contribution < 1.29 is 32.9 Å². The first-order valence-corrected chi connectivity index (χ1v) is 26.8. The van der Waals surface area contributed by atoms with Crippen LogP contribution < -0.4 is 10.2 Å². The molecule has 0 fully saturated rings. The molecule has 0 aromatic heterocycles. The van der Waals surface area contributed by atoms with Gasteiger partial charge in [0, 0.05) is 6.42 Å². The molecule has 1 amide bonds. The zero-order valence-corrected chi connectivity index (χ0v) is 42.8. The van der Waals surface area contributed by atoms with E-state index in [2.05, 4.69) is 141 Å². The van der Waals surface area contributed by atoms with Gasteiger partial charge in [0.05, 0.1) is 39.9 Å². The van der Waals surface area contributed by atoms with Gasteiger partial charge in [-0.3, -0.25) is 9.36 Å². The van der Waals surface area contributed by atoms with Crippen LogP contribution in [0.1, 0.15) is 174 Å². The summed E-state index contributed by atoms with van der Waals surface area (Å²) in [6.45, 7) is 4.49. The Labute approximate surface area is 399 Å². The first-order valence-electron chi connectivity index (χ1n) is 25.4. The minimum Gasteiger partial charge on any atom is -0.756 e. The molecule has 0 aliphatic carbocycles. The fourth-order valence-electron chi connectivity index (χ4n) is 6.48. The number of phosphoric ester groups is 1. The van der Waals surface area contributed by atoms with E-state index >= 15 is 0 Å². The third-order valence-corrected chi connectivity index (χ3v) is 11.4. The Morgan fingerprint density at radius 3 is 1.37 bits per heavy atom. The van der Waals surface area contributed by atoms with Gasteiger partial charge in [-0.05, 0) is 89.9 Å². The van der Waals surface area contributed by atoms with Crippen LogP contribution in [0.4, 0.5) is 0 Å². The van der Waals surface area contributed by atoms with E-state index in [0.717, 1.165) is 122 Å². The third-order valence-electron chi connectivity index (χ3n) is 10.5. The zero-order valence-electron chi connectivity index (χ0n) is 41.9. The predicted molar refractivity (Wildman–Crippen MR) is 279 cm³/mol. The summed E-state index contributed by atoms with van der Waals surface area (Å²) < 4.78 is 23.1. The Morgan fingerprint density at radius 2 is 0.938 bits per heavy atom. The summed E-state index contributed by atoms with van der Waals surface area (Å²) >= 11 is 0. The molecular weight excluding hydrogens is 828 g/mol. The average Bonchev–Trinajstić information content (AvgIpc) is 3.26. The van der Waals surface area contributed by atoms with Gasteiger partial charge in [-0.2, -0.15) is 0 Å². The van der Waals surface area contributed by atoms with E-state index in [4.69, 9.17) is 9.05 Å². The topological polar surface area (TPSA) is 108 Å². The maximum Gasteiger partial charge on any atom is 0.268 e. The van der Waals surface area contributed by atoms with Crippen LogP contribution in [0, 0.1) is 0 Å². The highest BCUT2D eigenvalue weighted by atomic mass is 31.2.